The van der Waals surface area contributed by atoms with E-state index in [9.17, 15) is 10.2 Å². The van der Waals surface area contributed by atoms with E-state index >= 15 is 0 Å². The van der Waals surface area contributed by atoms with E-state index < -0.39 is 37.0 Å². The van der Waals surface area contributed by atoms with Crippen molar-refractivity contribution in [3.8, 4) is 0 Å². The Bertz CT molecular complexity index is 439. The molecule has 0 spiro atoms. The Balaban J connectivity index is 1.81. The Kier molecular flexibility index (Phi) is 4.02. The molecular weight excluding hydrogens is 264 g/mol. The van der Waals surface area contributed by atoms with Crippen LogP contribution in [0, 0.1) is 0 Å². The second kappa shape index (κ2) is 5.77. The summed E-state index contributed by atoms with van der Waals surface area (Å²) in [6.07, 6.45) is -4.05. The summed E-state index contributed by atoms with van der Waals surface area (Å²) < 4.78 is 22.1. The molecule has 0 aliphatic carbocycles. The molecule has 2 aliphatic heterocycles. The van der Waals surface area contributed by atoms with Crippen molar-refractivity contribution in [2.45, 2.75) is 37.0 Å². The third kappa shape index (κ3) is 2.35. The molecule has 1 aromatic carbocycles. The predicted octanol–water partition coefficient (Wildman–Crippen LogP) is 0.194. The van der Waals surface area contributed by atoms with Gasteiger partial charge in [0.25, 0.3) is 0 Å². The van der Waals surface area contributed by atoms with Gasteiger partial charge in [0.2, 0.25) is 0 Å². The molecule has 1 aromatic rings. The molecule has 6 heteroatoms. The van der Waals surface area contributed by atoms with Gasteiger partial charge in [0.05, 0.1) is 6.61 Å². The fourth-order valence-corrected chi connectivity index (χ4v) is 2.64. The third-order valence-corrected chi connectivity index (χ3v) is 3.66. The van der Waals surface area contributed by atoms with Crippen LogP contribution in [0.25, 0.3) is 0 Å². The first-order valence-electron chi connectivity index (χ1n) is 6.57. The maximum absolute atomic E-state index is 10.2. The number of hydrogen-bond donors (Lipinski definition) is 2. The molecule has 0 saturated carbocycles. The molecule has 0 radical (unpaired) electrons. The van der Waals surface area contributed by atoms with Gasteiger partial charge in [0.1, 0.15) is 24.4 Å². The van der Waals surface area contributed by atoms with Crippen molar-refractivity contribution in [2.75, 3.05) is 13.7 Å². The number of aliphatic hydroxyl groups is 2. The molecule has 1 unspecified atom stereocenters. The Morgan fingerprint density at radius 2 is 1.80 bits per heavy atom. The number of methoxy groups -OCH3 is 1. The molecule has 2 aliphatic rings. The summed E-state index contributed by atoms with van der Waals surface area (Å²) in [6, 6.07) is 9.45. The standard InChI is InChI=1S/C14H18O6/c1-17-14-10(16)12-11(9(7-15)18-14)19-13(20-12)8-5-3-2-4-6-8/h2-6,9-16H,7H2,1H3/t9-,10-,11+,12-,13?,14-/m1/s1. The van der Waals surface area contributed by atoms with Gasteiger partial charge in [-0.2, -0.15) is 0 Å². The summed E-state index contributed by atoms with van der Waals surface area (Å²) in [6.45, 7) is -0.224. The van der Waals surface area contributed by atoms with Crippen LogP contribution in [0.2, 0.25) is 0 Å². The van der Waals surface area contributed by atoms with Gasteiger partial charge in [-0.25, -0.2) is 0 Å². The lowest BCUT2D eigenvalue weighted by Crippen LogP contribution is -2.57. The van der Waals surface area contributed by atoms with Crippen molar-refractivity contribution in [1.82, 2.24) is 0 Å². The largest absolute Gasteiger partial charge is 0.394 e. The molecule has 2 fully saturated rings. The minimum Gasteiger partial charge on any atom is -0.394 e. The van der Waals surface area contributed by atoms with Crippen LogP contribution in [-0.2, 0) is 18.9 Å². The zero-order chi connectivity index (χ0) is 14.1. The highest BCUT2D eigenvalue weighted by molar-refractivity contribution is 5.17. The Morgan fingerprint density at radius 1 is 1.10 bits per heavy atom. The van der Waals surface area contributed by atoms with Crippen LogP contribution in [0.4, 0.5) is 0 Å². The van der Waals surface area contributed by atoms with E-state index in [1.165, 1.54) is 7.11 Å². The average Bonchev–Trinajstić information content (AvgIpc) is 2.94. The quantitative estimate of drug-likeness (QED) is 0.824. The van der Waals surface area contributed by atoms with E-state index in [1.54, 1.807) is 0 Å². The van der Waals surface area contributed by atoms with Gasteiger partial charge < -0.3 is 29.2 Å². The normalized spacial score (nSPS) is 40.5. The summed E-state index contributed by atoms with van der Waals surface area (Å²) in [5.41, 5.74) is 0.861. The SMILES string of the molecule is CO[C@@H]1O[C@H](CO)[C@@H]2OC(c3ccccc3)O[C@@H]2[C@H]1O. The molecule has 0 amide bonds. The van der Waals surface area contributed by atoms with Crippen molar-refractivity contribution >= 4 is 0 Å². The van der Waals surface area contributed by atoms with Crippen molar-refractivity contribution in [1.29, 1.82) is 0 Å². The van der Waals surface area contributed by atoms with E-state index in [0.717, 1.165) is 5.56 Å². The fourth-order valence-electron chi connectivity index (χ4n) is 2.64. The van der Waals surface area contributed by atoms with Crippen LogP contribution in [0.15, 0.2) is 30.3 Å². The molecule has 2 N–H and O–H groups in total. The Labute approximate surface area is 116 Å². The highest BCUT2D eigenvalue weighted by Crippen LogP contribution is 2.38. The smallest absolute Gasteiger partial charge is 0.186 e. The lowest BCUT2D eigenvalue weighted by atomic mass is 9.99. The van der Waals surface area contributed by atoms with Gasteiger partial charge >= 0.3 is 0 Å². The maximum Gasteiger partial charge on any atom is 0.186 e. The highest BCUT2D eigenvalue weighted by Gasteiger charge is 2.52. The zero-order valence-electron chi connectivity index (χ0n) is 11.1. The van der Waals surface area contributed by atoms with E-state index in [-0.39, 0.29) is 6.61 Å². The second-order valence-corrected chi connectivity index (χ2v) is 4.90. The molecule has 20 heavy (non-hydrogen) atoms. The zero-order valence-corrected chi connectivity index (χ0v) is 11.1. The van der Waals surface area contributed by atoms with Crippen molar-refractivity contribution in [3.05, 3.63) is 35.9 Å². The highest BCUT2D eigenvalue weighted by atomic mass is 16.8. The van der Waals surface area contributed by atoms with Gasteiger partial charge in [-0.3, -0.25) is 0 Å². The predicted molar refractivity (Wildman–Crippen MR) is 67.7 cm³/mol. The van der Waals surface area contributed by atoms with Crippen LogP contribution in [-0.4, -0.2) is 54.6 Å². The summed E-state index contributed by atoms with van der Waals surface area (Å²) >= 11 is 0. The number of rotatable bonds is 3. The molecule has 110 valence electrons. The van der Waals surface area contributed by atoms with Gasteiger partial charge in [-0.15, -0.1) is 0 Å². The Hall–Kier alpha value is -1.02. The molecule has 0 bridgehead atoms. The van der Waals surface area contributed by atoms with Crippen LogP contribution in [0.1, 0.15) is 11.9 Å². The molecule has 6 atom stereocenters. The van der Waals surface area contributed by atoms with Crippen molar-refractivity contribution in [3.63, 3.8) is 0 Å². The number of ether oxygens (including phenoxy) is 4. The fraction of sp³-hybridized carbons (Fsp3) is 0.571. The van der Waals surface area contributed by atoms with E-state index in [0.29, 0.717) is 0 Å². The first-order valence-corrected chi connectivity index (χ1v) is 6.57. The summed E-state index contributed by atoms with van der Waals surface area (Å²) in [5, 5.41) is 19.6. The van der Waals surface area contributed by atoms with Crippen LogP contribution < -0.4 is 0 Å². The van der Waals surface area contributed by atoms with Crippen LogP contribution in [0.3, 0.4) is 0 Å². The second-order valence-electron chi connectivity index (χ2n) is 4.90. The van der Waals surface area contributed by atoms with Crippen LogP contribution in [0.5, 0.6) is 0 Å². The van der Waals surface area contributed by atoms with Gasteiger partial charge in [0.15, 0.2) is 12.6 Å². The minimum atomic E-state index is -0.957. The lowest BCUT2D eigenvalue weighted by molar-refractivity contribution is -0.274. The first-order chi connectivity index (χ1) is 9.74. The molecular formula is C14H18O6. The van der Waals surface area contributed by atoms with Crippen LogP contribution >= 0.6 is 0 Å². The molecule has 0 aromatic heterocycles. The number of hydrogen-bond acceptors (Lipinski definition) is 6. The summed E-state index contributed by atoms with van der Waals surface area (Å²) in [4.78, 5) is 0. The van der Waals surface area contributed by atoms with Gasteiger partial charge in [0, 0.05) is 12.7 Å². The molecule has 6 nitrogen and oxygen atoms in total. The lowest BCUT2D eigenvalue weighted by Gasteiger charge is -2.38. The monoisotopic (exact) mass is 282 g/mol. The topological polar surface area (TPSA) is 77.4 Å². The number of fused-ring (bicyclic) bond motifs is 1. The minimum absolute atomic E-state index is 0.224. The average molecular weight is 282 g/mol. The molecule has 3 rings (SSSR count). The number of aliphatic hydroxyl groups excluding tert-OH is 2. The van der Waals surface area contributed by atoms with Gasteiger partial charge in [-0.1, -0.05) is 30.3 Å². The van der Waals surface area contributed by atoms with Crippen molar-refractivity contribution in [2.24, 2.45) is 0 Å². The molecule has 2 heterocycles. The third-order valence-electron chi connectivity index (χ3n) is 3.66. The van der Waals surface area contributed by atoms with Gasteiger partial charge in [-0.05, 0) is 0 Å². The summed E-state index contributed by atoms with van der Waals surface area (Å²) in [7, 11) is 1.44. The van der Waals surface area contributed by atoms with E-state index in [1.807, 2.05) is 30.3 Å². The molecule has 2 saturated heterocycles. The van der Waals surface area contributed by atoms with E-state index in [2.05, 4.69) is 0 Å². The van der Waals surface area contributed by atoms with Crippen molar-refractivity contribution < 1.29 is 29.2 Å². The summed E-state index contributed by atoms with van der Waals surface area (Å²) in [5.74, 6) is 0. The Morgan fingerprint density at radius 3 is 2.45 bits per heavy atom. The first kappa shape index (κ1) is 13.9. The maximum atomic E-state index is 10.2. The van der Waals surface area contributed by atoms with E-state index in [4.69, 9.17) is 18.9 Å². The number of benzene rings is 1.